The average molecular weight is 362 g/mol. The number of halogens is 1. The van der Waals surface area contributed by atoms with E-state index in [1.807, 2.05) is 0 Å². The lowest BCUT2D eigenvalue weighted by atomic mass is 10.3. The van der Waals surface area contributed by atoms with E-state index in [-0.39, 0.29) is 24.0 Å². The Morgan fingerprint density at radius 2 is 1.96 bits per heavy atom. The van der Waals surface area contributed by atoms with Crippen LogP contribution in [0.15, 0.2) is 52.5 Å². The number of carbonyl (C=O) groups excluding carboxylic acids is 2. The summed E-state index contributed by atoms with van der Waals surface area (Å²) < 4.78 is 5.00. The summed E-state index contributed by atoms with van der Waals surface area (Å²) in [5.41, 5.74) is 1.23. The van der Waals surface area contributed by atoms with Crippen molar-refractivity contribution in [2.24, 2.45) is 0 Å². The first-order valence-electron chi connectivity index (χ1n) is 6.95. The molecule has 0 atom stereocenters. The summed E-state index contributed by atoms with van der Waals surface area (Å²) in [5.74, 6) is -0.384. The minimum absolute atomic E-state index is 0.107. The van der Waals surface area contributed by atoms with Gasteiger partial charge in [0, 0.05) is 16.1 Å². The Morgan fingerprint density at radius 3 is 2.67 bits per heavy atom. The third kappa shape index (κ3) is 4.21. The Balaban J connectivity index is 1.56. The van der Waals surface area contributed by atoms with E-state index in [0.717, 1.165) is 0 Å². The van der Waals surface area contributed by atoms with Crippen molar-refractivity contribution in [3.05, 3.63) is 64.5 Å². The van der Waals surface area contributed by atoms with Crippen molar-refractivity contribution in [1.82, 2.24) is 4.98 Å². The number of nitrogens with one attached hydrogen (secondary N) is 2. The zero-order valence-corrected chi connectivity index (χ0v) is 13.9. The zero-order chi connectivity index (χ0) is 16.9. The topological polar surface area (TPSA) is 84.2 Å². The minimum atomic E-state index is -0.383. The van der Waals surface area contributed by atoms with E-state index < -0.39 is 0 Å². The van der Waals surface area contributed by atoms with Crippen LogP contribution in [0.1, 0.15) is 16.2 Å². The molecule has 8 heteroatoms. The molecule has 0 fully saturated rings. The number of thiazole rings is 1. The zero-order valence-electron chi connectivity index (χ0n) is 12.3. The van der Waals surface area contributed by atoms with E-state index in [1.54, 1.807) is 41.8 Å². The molecule has 2 heterocycles. The van der Waals surface area contributed by atoms with Crippen molar-refractivity contribution in [2.45, 2.75) is 6.42 Å². The molecule has 3 rings (SSSR count). The molecular weight excluding hydrogens is 350 g/mol. The predicted molar refractivity (Wildman–Crippen MR) is 92.6 cm³/mol. The second-order valence-electron chi connectivity index (χ2n) is 4.81. The number of furan rings is 1. The molecule has 0 saturated carbocycles. The Morgan fingerprint density at radius 1 is 1.17 bits per heavy atom. The predicted octanol–water partition coefficient (Wildman–Crippen LogP) is 3.82. The number of hydrogen-bond donors (Lipinski definition) is 2. The van der Waals surface area contributed by atoms with Crippen molar-refractivity contribution in [3.63, 3.8) is 0 Å². The van der Waals surface area contributed by atoms with Gasteiger partial charge in [-0.15, -0.1) is 11.3 Å². The van der Waals surface area contributed by atoms with Crippen LogP contribution in [0.5, 0.6) is 0 Å². The lowest BCUT2D eigenvalue weighted by Crippen LogP contribution is -2.15. The van der Waals surface area contributed by atoms with Crippen LogP contribution in [-0.2, 0) is 11.2 Å². The lowest BCUT2D eigenvalue weighted by molar-refractivity contribution is -0.115. The third-order valence-electron chi connectivity index (χ3n) is 2.99. The van der Waals surface area contributed by atoms with Crippen LogP contribution >= 0.6 is 22.9 Å². The first-order chi connectivity index (χ1) is 11.6. The summed E-state index contributed by atoms with van der Waals surface area (Å²) >= 11 is 7.04. The van der Waals surface area contributed by atoms with Gasteiger partial charge in [-0.2, -0.15) is 0 Å². The summed E-state index contributed by atoms with van der Waals surface area (Å²) in [6.45, 7) is 0. The fourth-order valence-electron chi connectivity index (χ4n) is 1.91. The maximum Gasteiger partial charge on any atom is 0.293 e. The highest BCUT2D eigenvalue weighted by molar-refractivity contribution is 7.14. The Hall–Kier alpha value is -2.64. The molecule has 0 unspecified atom stereocenters. The van der Waals surface area contributed by atoms with E-state index in [2.05, 4.69) is 15.6 Å². The highest BCUT2D eigenvalue weighted by atomic mass is 35.5. The first-order valence-corrected chi connectivity index (χ1v) is 8.20. The van der Waals surface area contributed by atoms with E-state index in [1.165, 1.54) is 17.6 Å². The monoisotopic (exact) mass is 361 g/mol. The van der Waals surface area contributed by atoms with Gasteiger partial charge in [0.05, 0.1) is 18.4 Å². The van der Waals surface area contributed by atoms with Crippen molar-refractivity contribution >= 4 is 45.6 Å². The molecular formula is C16H12ClN3O3S. The highest BCUT2D eigenvalue weighted by Crippen LogP contribution is 2.18. The van der Waals surface area contributed by atoms with Crippen molar-refractivity contribution in [2.75, 3.05) is 10.6 Å². The molecule has 0 aliphatic carbocycles. The van der Waals surface area contributed by atoms with Crippen molar-refractivity contribution < 1.29 is 14.0 Å². The second kappa shape index (κ2) is 7.29. The number of aromatic nitrogens is 1. The molecule has 24 heavy (non-hydrogen) atoms. The highest BCUT2D eigenvalue weighted by Gasteiger charge is 2.13. The van der Waals surface area contributed by atoms with E-state index in [4.69, 9.17) is 16.0 Å². The van der Waals surface area contributed by atoms with E-state index in [9.17, 15) is 9.59 Å². The largest absolute Gasteiger partial charge is 0.459 e. The SMILES string of the molecule is O=C(Cc1csc(NC(=O)c2ccco2)n1)Nc1ccc(Cl)cc1. The van der Waals surface area contributed by atoms with Crippen LogP contribution in [0, 0.1) is 0 Å². The van der Waals surface area contributed by atoms with Gasteiger partial charge >= 0.3 is 0 Å². The molecule has 3 aromatic rings. The maximum atomic E-state index is 12.0. The average Bonchev–Trinajstić information content (AvgIpc) is 3.21. The van der Waals surface area contributed by atoms with Crippen LogP contribution in [-0.4, -0.2) is 16.8 Å². The number of nitrogens with zero attached hydrogens (tertiary/aromatic N) is 1. The summed E-state index contributed by atoms with van der Waals surface area (Å²) in [6.07, 6.45) is 1.53. The molecule has 6 nitrogen and oxygen atoms in total. The Labute approximate surface area is 146 Å². The number of amides is 2. The van der Waals surface area contributed by atoms with E-state index in [0.29, 0.717) is 21.5 Å². The molecule has 2 aromatic heterocycles. The molecule has 2 N–H and O–H groups in total. The van der Waals surface area contributed by atoms with Gasteiger partial charge in [-0.1, -0.05) is 11.6 Å². The summed E-state index contributed by atoms with van der Waals surface area (Å²) in [7, 11) is 0. The Bertz CT molecular complexity index is 844. The first kappa shape index (κ1) is 16.2. The fourth-order valence-corrected chi connectivity index (χ4v) is 2.75. The van der Waals surface area contributed by atoms with Crippen LogP contribution in [0.2, 0.25) is 5.02 Å². The number of hydrogen-bond acceptors (Lipinski definition) is 5. The molecule has 0 radical (unpaired) electrons. The second-order valence-corrected chi connectivity index (χ2v) is 6.10. The number of benzene rings is 1. The minimum Gasteiger partial charge on any atom is -0.459 e. The number of carbonyl (C=O) groups is 2. The van der Waals surface area contributed by atoms with Gasteiger partial charge in [0.1, 0.15) is 0 Å². The molecule has 1 aromatic carbocycles. The van der Waals surface area contributed by atoms with E-state index >= 15 is 0 Å². The van der Waals surface area contributed by atoms with Gasteiger partial charge in [0.2, 0.25) is 5.91 Å². The van der Waals surface area contributed by atoms with Crippen LogP contribution in [0.25, 0.3) is 0 Å². The summed E-state index contributed by atoms with van der Waals surface area (Å²) in [5, 5.41) is 8.11. The smallest absolute Gasteiger partial charge is 0.293 e. The van der Waals surface area contributed by atoms with Crippen molar-refractivity contribution in [1.29, 1.82) is 0 Å². The van der Waals surface area contributed by atoms with Gasteiger partial charge in [0.15, 0.2) is 10.9 Å². The molecule has 0 aliphatic heterocycles. The van der Waals surface area contributed by atoms with Crippen LogP contribution in [0.4, 0.5) is 10.8 Å². The normalized spacial score (nSPS) is 10.4. The van der Waals surface area contributed by atoms with Gasteiger partial charge < -0.3 is 9.73 Å². The van der Waals surface area contributed by atoms with Crippen molar-refractivity contribution in [3.8, 4) is 0 Å². The standard InChI is InChI=1S/C16H12ClN3O3S/c17-10-3-5-11(6-4-10)18-14(21)8-12-9-24-16(19-12)20-15(22)13-2-1-7-23-13/h1-7,9H,8H2,(H,18,21)(H,19,20,22). The van der Waals surface area contributed by atoms with Gasteiger partial charge in [-0.05, 0) is 36.4 Å². The van der Waals surface area contributed by atoms with Crippen LogP contribution in [0.3, 0.4) is 0 Å². The van der Waals surface area contributed by atoms with Gasteiger partial charge in [0.25, 0.3) is 5.91 Å². The lowest BCUT2D eigenvalue weighted by Gasteiger charge is -2.03. The molecule has 122 valence electrons. The summed E-state index contributed by atoms with van der Waals surface area (Å²) in [6, 6.07) is 10.0. The molecule has 2 amide bonds. The maximum absolute atomic E-state index is 12.0. The molecule has 0 aliphatic rings. The molecule has 0 spiro atoms. The van der Waals surface area contributed by atoms with Crippen LogP contribution < -0.4 is 10.6 Å². The van der Waals surface area contributed by atoms with Gasteiger partial charge in [-0.3, -0.25) is 14.9 Å². The number of rotatable bonds is 5. The number of anilines is 2. The quantitative estimate of drug-likeness (QED) is 0.723. The molecule has 0 bridgehead atoms. The summed E-state index contributed by atoms with van der Waals surface area (Å²) in [4.78, 5) is 28.1. The third-order valence-corrected chi connectivity index (χ3v) is 4.05. The fraction of sp³-hybridized carbons (Fsp3) is 0.0625. The molecule has 0 saturated heterocycles. The Kier molecular flexibility index (Phi) is 4.93. The van der Waals surface area contributed by atoms with Gasteiger partial charge in [-0.25, -0.2) is 4.98 Å².